The Hall–Kier alpha value is -1.67. The lowest BCUT2D eigenvalue weighted by Crippen LogP contribution is -2.37. The third kappa shape index (κ3) is 2.69. The maximum absolute atomic E-state index is 13.5. The van der Waals surface area contributed by atoms with E-state index in [1.165, 1.54) is 23.3 Å². The SMILES string of the molecule is CCC(N)(c1cc(C)cc(C)c1)c1cccc(F)c1. The molecule has 0 amide bonds. The van der Waals surface area contributed by atoms with Crippen molar-refractivity contribution >= 4 is 0 Å². The molecule has 0 saturated heterocycles. The first-order chi connectivity index (χ1) is 8.95. The van der Waals surface area contributed by atoms with Crippen molar-refractivity contribution in [1.82, 2.24) is 0 Å². The Morgan fingerprint density at radius 3 is 2.16 bits per heavy atom. The fourth-order valence-electron chi connectivity index (χ4n) is 2.57. The van der Waals surface area contributed by atoms with Crippen LogP contribution in [-0.2, 0) is 5.54 Å². The largest absolute Gasteiger partial charge is 0.318 e. The summed E-state index contributed by atoms with van der Waals surface area (Å²) in [5.41, 5.74) is 10.2. The molecule has 2 heteroatoms. The van der Waals surface area contributed by atoms with E-state index >= 15 is 0 Å². The summed E-state index contributed by atoms with van der Waals surface area (Å²) in [5.74, 6) is -0.245. The van der Waals surface area contributed by atoms with E-state index in [1.54, 1.807) is 6.07 Å². The highest BCUT2D eigenvalue weighted by atomic mass is 19.1. The molecule has 0 aromatic heterocycles. The summed E-state index contributed by atoms with van der Waals surface area (Å²) in [6.07, 6.45) is 0.722. The third-order valence-corrected chi connectivity index (χ3v) is 3.63. The summed E-state index contributed by atoms with van der Waals surface area (Å²) in [4.78, 5) is 0. The molecule has 0 radical (unpaired) electrons. The maximum Gasteiger partial charge on any atom is 0.123 e. The molecule has 19 heavy (non-hydrogen) atoms. The first-order valence-corrected chi connectivity index (χ1v) is 6.59. The van der Waals surface area contributed by atoms with E-state index in [0.717, 1.165) is 17.5 Å². The lowest BCUT2D eigenvalue weighted by atomic mass is 9.80. The van der Waals surface area contributed by atoms with Crippen LogP contribution >= 0.6 is 0 Å². The van der Waals surface area contributed by atoms with Crippen LogP contribution < -0.4 is 5.73 Å². The van der Waals surface area contributed by atoms with Gasteiger partial charge in [0.15, 0.2) is 0 Å². The van der Waals surface area contributed by atoms with Crippen LogP contribution in [0.25, 0.3) is 0 Å². The quantitative estimate of drug-likeness (QED) is 0.881. The number of halogens is 1. The van der Waals surface area contributed by atoms with Crippen LogP contribution in [0.2, 0.25) is 0 Å². The summed E-state index contributed by atoms with van der Waals surface area (Å²) in [7, 11) is 0. The monoisotopic (exact) mass is 257 g/mol. The lowest BCUT2D eigenvalue weighted by molar-refractivity contribution is 0.512. The average molecular weight is 257 g/mol. The second-order valence-corrected chi connectivity index (χ2v) is 5.21. The molecule has 2 rings (SSSR count). The second kappa shape index (κ2) is 5.14. The van der Waals surface area contributed by atoms with Crippen LogP contribution in [0.3, 0.4) is 0 Å². The molecule has 100 valence electrons. The lowest BCUT2D eigenvalue weighted by Gasteiger charge is -2.30. The van der Waals surface area contributed by atoms with Crippen molar-refractivity contribution in [3.05, 3.63) is 70.5 Å². The van der Waals surface area contributed by atoms with Crippen molar-refractivity contribution in [2.75, 3.05) is 0 Å². The molecule has 0 aliphatic rings. The van der Waals surface area contributed by atoms with Crippen molar-refractivity contribution < 1.29 is 4.39 Å². The molecule has 0 spiro atoms. The van der Waals surface area contributed by atoms with Crippen LogP contribution in [0.4, 0.5) is 4.39 Å². The van der Waals surface area contributed by atoms with Crippen molar-refractivity contribution in [1.29, 1.82) is 0 Å². The summed E-state index contributed by atoms with van der Waals surface area (Å²) in [5, 5.41) is 0. The fraction of sp³-hybridized carbons (Fsp3) is 0.294. The van der Waals surface area contributed by atoms with Gasteiger partial charge in [0.25, 0.3) is 0 Å². The van der Waals surface area contributed by atoms with Crippen molar-refractivity contribution in [3.63, 3.8) is 0 Å². The molecule has 0 aliphatic heterocycles. The number of hydrogen-bond donors (Lipinski definition) is 1. The van der Waals surface area contributed by atoms with Crippen LogP contribution in [0.1, 0.15) is 35.6 Å². The van der Waals surface area contributed by atoms with Gasteiger partial charge < -0.3 is 5.73 Å². The van der Waals surface area contributed by atoms with Crippen LogP contribution in [0.15, 0.2) is 42.5 Å². The number of rotatable bonds is 3. The maximum atomic E-state index is 13.5. The van der Waals surface area contributed by atoms with Crippen LogP contribution in [-0.4, -0.2) is 0 Å². The van der Waals surface area contributed by atoms with E-state index in [1.807, 2.05) is 13.0 Å². The van der Waals surface area contributed by atoms with Gasteiger partial charge in [-0.1, -0.05) is 48.4 Å². The van der Waals surface area contributed by atoms with Gasteiger partial charge in [0.2, 0.25) is 0 Å². The summed E-state index contributed by atoms with van der Waals surface area (Å²) in [6.45, 7) is 6.14. The minimum atomic E-state index is -0.640. The van der Waals surface area contributed by atoms with Gasteiger partial charge in [0.1, 0.15) is 5.82 Å². The van der Waals surface area contributed by atoms with Gasteiger partial charge in [-0.25, -0.2) is 4.39 Å². The van der Waals surface area contributed by atoms with Crippen molar-refractivity contribution in [2.24, 2.45) is 5.73 Å². The van der Waals surface area contributed by atoms with Gasteiger partial charge in [0.05, 0.1) is 5.54 Å². The molecule has 0 aliphatic carbocycles. The Morgan fingerprint density at radius 2 is 1.63 bits per heavy atom. The normalized spacial score (nSPS) is 14.2. The molecule has 1 unspecified atom stereocenters. The first-order valence-electron chi connectivity index (χ1n) is 6.59. The standard InChI is InChI=1S/C17H20FN/c1-4-17(19,14-6-5-7-16(18)11-14)15-9-12(2)8-13(3)10-15/h5-11H,4,19H2,1-3H3. The van der Waals surface area contributed by atoms with Gasteiger partial charge in [-0.2, -0.15) is 0 Å². The van der Waals surface area contributed by atoms with Gasteiger partial charge in [-0.05, 0) is 43.5 Å². The Kier molecular flexibility index (Phi) is 3.72. The zero-order valence-electron chi connectivity index (χ0n) is 11.7. The predicted octanol–water partition coefficient (Wildman–Crippen LogP) is 4.05. The Balaban J connectivity index is 2.59. The number of benzene rings is 2. The van der Waals surface area contributed by atoms with Gasteiger partial charge in [-0.3, -0.25) is 0 Å². The molecule has 2 N–H and O–H groups in total. The Labute approximate surface area is 114 Å². The van der Waals surface area contributed by atoms with E-state index in [4.69, 9.17) is 5.73 Å². The summed E-state index contributed by atoms with van der Waals surface area (Å²) < 4.78 is 13.5. The molecular formula is C17H20FN. The number of hydrogen-bond acceptors (Lipinski definition) is 1. The topological polar surface area (TPSA) is 26.0 Å². The highest BCUT2D eigenvalue weighted by molar-refractivity contribution is 5.41. The molecule has 2 aromatic rings. The molecule has 0 fully saturated rings. The zero-order chi connectivity index (χ0) is 14.0. The van der Waals surface area contributed by atoms with E-state index in [2.05, 4.69) is 32.0 Å². The zero-order valence-corrected chi connectivity index (χ0v) is 11.7. The first kappa shape index (κ1) is 13.8. The Morgan fingerprint density at radius 1 is 1.00 bits per heavy atom. The highest BCUT2D eigenvalue weighted by Crippen LogP contribution is 2.31. The fourth-order valence-corrected chi connectivity index (χ4v) is 2.57. The van der Waals surface area contributed by atoms with Gasteiger partial charge in [-0.15, -0.1) is 0 Å². The smallest absolute Gasteiger partial charge is 0.123 e. The van der Waals surface area contributed by atoms with E-state index < -0.39 is 5.54 Å². The van der Waals surface area contributed by atoms with Crippen molar-refractivity contribution in [2.45, 2.75) is 32.7 Å². The van der Waals surface area contributed by atoms with Crippen LogP contribution in [0, 0.1) is 19.7 Å². The van der Waals surface area contributed by atoms with E-state index in [9.17, 15) is 4.39 Å². The van der Waals surface area contributed by atoms with Gasteiger partial charge >= 0.3 is 0 Å². The molecule has 1 atom stereocenters. The molecule has 0 bridgehead atoms. The summed E-state index contributed by atoms with van der Waals surface area (Å²) in [6, 6.07) is 12.9. The summed E-state index contributed by atoms with van der Waals surface area (Å²) >= 11 is 0. The molecule has 0 heterocycles. The minimum Gasteiger partial charge on any atom is -0.318 e. The van der Waals surface area contributed by atoms with Crippen molar-refractivity contribution in [3.8, 4) is 0 Å². The van der Waals surface area contributed by atoms with E-state index in [0.29, 0.717) is 0 Å². The average Bonchev–Trinajstić information content (AvgIpc) is 2.36. The number of aryl methyl sites for hydroxylation is 2. The molecule has 0 saturated carbocycles. The molecule has 2 aromatic carbocycles. The predicted molar refractivity (Wildman–Crippen MR) is 77.6 cm³/mol. The highest BCUT2D eigenvalue weighted by Gasteiger charge is 2.28. The van der Waals surface area contributed by atoms with Gasteiger partial charge in [0, 0.05) is 0 Å². The molecular weight excluding hydrogens is 237 g/mol. The number of nitrogens with two attached hydrogens (primary N) is 1. The second-order valence-electron chi connectivity index (χ2n) is 5.21. The molecule has 1 nitrogen and oxygen atoms in total. The third-order valence-electron chi connectivity index (χ3n) is 3.63. The Bertz CT molecular complexity index is 571. The minimum absolute atomic E-state index is 0.245. The van der Waals surface area contributed by atoms with Crippen LogP contribution in [0.5, 0.6) is 0 Å². The van der Waals surface area contributed by atoms with E-state index in [-0.39, 0.29) is 5.82 Å².